The standard InChI is InChI=1S/C10H13ClN4O/c1-2-15-6-7(5-13-15)9(14-12)8-3-4-16-10(8)11/h3-6,9,14H,2,12H2,1H3. The van der Waals surface area contributed by atoms with Crippen LogP contribution in [-0.4, -0.2) is 9.78 Å². The second kappa shape index (κ2) is 4.69. The van der Waals surface area contributed by atoms with Gasteiger partial charge in [0, 0.05) is 23.9 Å². The average Bonchev–Trinajstić information content (AvgIpc) is 2.90. The highest BCUT2D eigenvalue weighted by Gasteiger charge is 2.19. The first kappa shape index (κ1) is 11.2. The van der Waals surface area contributed by atoms with Gasteiger partial charge in [0.2, 0.25) is 0 Å². The number of halogens is 1. The molecule has 0 saturated carbocycles. The zero-order valence-electron chi connectivity index (χ0n) is 8.85. The summed E-state index contributed by atoms with van der Waals surface area (Å²) in [7, 11) is 0. The molecule has 86 valence electrons. The molecule has 0 aliphatic carbocycles. The van der Waals surface area contributed by atoms with Gasteiger partial charge < -0.3 is 4.42 Å². The number of nitrogens with two attached hydrogens (primary N) is 1. The Morgan fingerprint density at radius 1 is 1.69 bits per heavy atom. The fourth-order valence-corrected chi connectivity index (χ4v) is 1.80. The highest BCUT2D eigenvalue weighted by molar-refractivity contribution is 6.29. The lowest BCUT2D eigenvalue weighted by Gasteiger charge is -2.12. The summed E-state index contributed by atoms with van der Waals surface area (Å²) in [5.41, 5.74) is 4.46. The second-order valence-corrected chi connectivity index (χ2v) is 3.72. The van der Waals surface area contributed by atoms with Crippen LogP contribution in [0.25, 0.3) is 0 Å². The van der Waals surface area contributed by atoms with Crippen LogP contribution >= 0.6 is 11.6 Å². The van der Waals surface area contributed by atoms with E-state index in [0.29, 0.717) is 5.22 Å². The van der Waals surface area contributed by atoms with Gasteiger partial charge in [-0.05, 0) is 24.6 Å². The maximum atomic E-state index is 5.91. The van der Waals surface area contributed by atoms with Gasteiger partial charge in [0.15, 0.2) is 5.22 Å². The van der Waals surface area contributed by atoms with Crippen molar-refractivity contribution >= 4 is 11.6 Å². The van der Waals surface area contributed by atoms with E-state index in [-0.39, 0.29) is 6.04 Å². The van der Waals surface area contributed by atoms with Gasteiger partial charge in [0.25, 0.3) is 0 Å². The summed E-state index contributed by atoms with van der Waals surface area (Å²) >= 11 is 5.91. The molecule has 0 radical (unpaired) electrons. The maximum absolute atomic E-state index is 5.91. The number of hydrogen-bond donors (Lipinski definition) is 2. The summed E-state index contributed by atoms with van der Waals surface area (Å²) in [6.45, 7) is 2.84. The van der Waals surface area contributed by atoms with Crippen LogP contribution in [0.4, 0.5) is 0 Å². The van der Waals surface area contributed by atoms with E-state index in [1.165, 1.54) is 6.26 Å². The second-order valence-electron chi connectivity index (χ2n) is 3.38. The van der Waals surface area contributed by atoms with Crippen molar-refractivity contribution in [2.75, 3.05) is 0 Å². The molecule has 2 aromatic heterocycles. The molecule has 2 heterocycles. The number of aryl methyl sites for hydroxylation is 1. The Labute approximate surface area is 98.1 Å². The van der Waals surface area contributed by atoms with E-state index in [1.54, 1.807) is 12.3 Å². The van der Waals surface area contributed by atoms with Gasteiger partial charge in [-0.2, -0.15) is 5.10 Å². The number of hydrogen-bond acceptors (Lipinski definition) is 4. The first-order chi connectivity index (χ1) is 7.76. The van der Waals surface area contributed by atoms with Crippen molar-refractivity contribution in [3.8, 4) is 0 Å². The number of furan rings is 1. The van der Waals surface area contributed by atoms with Crippen molar-refractivity contribution in [1.82, 2.24) is 15.2 Å². The minimum Gasteiger partial charge on any atom is -0.453 e. The number of nitrogens with one attached hydrogen (secondary N) is 1. The molecule has 0 aliphatic heterocycles. The van der Waals surface area contributed by atoms with Gasteiger partial charge in [-0.3, -0.25) is 10.5 Å². The third-order valence-corrected chi connectivity index (χ3v) is 2.74. The molecule has 0 bridgehead atoms. The van der Waals surface area contributed by atoms with Crippen LogP contribution in [0.15, 0.2) is 29.1 Å². The fraction of sp³-hybridized carbons (Fsp3) is 0.300. The van der Waals surface area contributed by atoms with Crippen molar-refractivity contribution in [2.45, 2.75) is 19.5 Å². The molecule has 0 aliphatic rings. The molecule has 5 nitrogen and oxygen atoms in total. The minimum absolute atomic E-state index is 0.202. The van der Waals surface area contributed by atoms with Gasteiger partial charge in [0.05, 0.1) is 18.5 Å². The molecule has 3 N–H and O–H groups in total. The van der Waals surface area contributed by atoms with Crippen molar-refractivity contribution in [3.63, 3.8) is 0 Å². The Morgan fingerprint density at radius 2 is 2.50 bits per heavy atom. The van der Waals surface area contributed by atoms with E-state index >= 15 is 0 Å². The highest BCUT2D eigenvalue weighted by atomic mass is 35.5. The predicted molar refractivity (Wildman–Crippen MR) is 60.8 cm³/mol. The fourth-order valence-electron chi connectivity index (χ4n) is 1.58. The molecule has 2 rings (SSSR count). The van der Waals surface area contributed by atoms with Crippen LogP contribution in [0.5, 0.6) is 0 Å². The largest absolute Gasteiger partial charge is 0.453 e. The van der Waals surface area contributed by atoms with E-state index in [9.17, 15) is 0 Å². The monoisotopic (exact) mass is 240 g/mol. The quantitative estimate of drug-likeness (QED) is 0.631. The van der Waals surface area contributed by atoms with E-state index < -0.39 is 0 Å². The number of aromatic nitrogens is 2. The SMILES string of the molecule is CCn1cc(C(NN)c2ccoc2Cl)cn1. The molecule has 1 atom stereocenters. The molecule has 0 fully saturated rings. The lowest BCUT2D eigenvalue weighted by atomic mass is 10.1. The number of nitrogens with zero attached hydrogens (tertiary/aromatic N) is 2. The molecule has 1 unspecified atom stereocenters. The zero-order chi connectivity index (χ0) is 11.5. The summed E-state index contributed by atoms with van der Waals surface area (Å²) in [5.74, 6) is 5.53. The topological polar surface area (TPSA) is 69.0 Å². The Morgan fingerprint density at radius 3 is 3.00 bits per heavy atom. The third kappa shape index (κ3) is 1.97. The predicted octanol–water partition coefficient (Wildman–Crippen LogP) is 1.70. The lowest BCUT2D eigenvalue weighted by molar-refractivity contribution is 0.555. The van der Waals surface area contributed by atoms with Crippen LogP contribution in [0.3, 0.4) is 0 Å². The van der Waals surface area contributed by atoms with E-state index in [4.69, 9.17) is 21.9 Å². The lowest BCUT2D eigenvalue weighted by Crippen LogP contribution is -2.28. The van der Waals surface area contributed by atoms with Crippen molar-refractivity contribution in [3.05, 3.63) is 41.1 Å². The van der Waals surface area contributed by atoms with Crippen LogP contribution in [0, 0.1) is 0 Å². The molecule has 0 amide bonds. The van der Waals surface area contributed by atoms with Gasteiger partial charge in [-0.15, -0.1) is 0 Å². The summed E-state index contributed by atoms with van der Waals surface area (Å²) in [4.78, 5) is 0. The van der Waals surface area contributed by atoms with Gasteiger partial charge >= 0.3 is 0 Å². The number of rotatable bonds is 4. The Balaban J connectivity index is 2.32. The van der Waals surface area contributed by atoms with Gasteiger partial charge in [-0.1, -0.05) is 0 Å². The molecule has 0 aromatic carbocycles. The summed E-state index contributed by atoms with van der Waals surface area (Å²) in [6, 6.07) is 1.59. The molecule has 16 heavy (non-hydrogen) atoms. The Hall–Kier alpha value is -1.30. The molecule has 0 saturated heterocycles. The molecular formula is C10H13ClN4O. The summed E-state index contributed by atoms with van der Waals surface area (Å²) in [6.07, 6.45) is 5.22. The van der Waals surface area contributed by atoms with Gasteiger partial charge in [0.1, 0.15) is 0 Å². The van der Waals surface area contributed by atoms with Crippen molar-refractivity contribution < 1.29 is 4.42 Å². The van der Waals surface area contributed by atoms with E-state index in [1.807, 2.05) is 17.8 Å². The molecular weight excluding hydrogens is 228 g/mol. The minimum atomic E-state index is -0.202. The first-order valence-corrected chi connectivity index (χ1v) is 5.35. The summed E-state index contributed by atoms with van der Waals surface area (Å²) < 4.78 is 6.87. The van der Waals surface area contributed by atoms with E-state index in [2.05, 4.69) is 10.5 Å². The first-order valence-electron chi connectivity index (χ1n) is 4.97. The molecule has 0 spiro atoms. The third-order valence-electron chi connectivity index (χ3n) is 2.43. The van der Waals surface area contributed by atoms with Gasteiger partial charge in [-0.25, -0.2) is 5.43 Å². The Bertz CT molecular complexity index is 465. The average molecular weight is 241 g/mol. The van der Waals surface area contributed by atoms with Crippen LogP contribution in [-0.2, 0) is 6.54 Å². The van der Waals surface area contributed by atoms with E-state index in [0.717, 1.165) is 17.7 Å². The number of hydrazine groups is 1. The van der Waals surface area contributed by atoms with Crippen molar-refractivity contribution in [1.29, 1.82) is 0 Å². The zero-order valence-corrected chi connectivity index (χ0v) is 9.61. The van der Waals surface area contributed by atoms with Crippen LogP contribution < -0.4 is 11.3 Å². The van der Waals surface area contributed by atoms with Crippen molar-refractivity contribution in [2.24, 2.45) is 5.84 Å². The molecule has 6 heteroatoms. The van der Waals surface area contributed by atoms with Crippen LogP contribution in [0.2, 0.25) is 5.22 Å². The Kier molecular flexibility index (Phi) is 3.28. The summed E-state index contributed by atoms with van der Waals surface area (Å²) in [5, 5.41) is 4.53. The maximum Gasteiger partial charge on any atom is 0.198 e. The smallest absolute Gasteiger partial charge is 0.198 e. The highest BCUT2D eigenvalue weighted by Crippen LogP contribution is 2.28. The van der Waals surface area contributed by atoms with Crippen LogP contribution in [0.1, 0.15) is 24.1 Å². The molecule has 2 aromatic rings. The normalized spacial score (nSPS) is 12.9.